The van der Waals surface area contributed by atoms with Gasteiger partial charge in [0.15, 0.2) is 0 Å². The third kappa shape index (κ3) is 3.52. The molecule has 128 valence electrons. The maximum Gasteiger partial charge on any atom is 0.234 e. The van der Waals surface area contributed by atoms with Crippen molar-refractivity contribution in [3.63, 3.8) is 0 Å². The van der Waals surface area contributed by atoms with Crippen molar-refractivity contribution < 1.29 is 9.21 Å². The average molecular weight is 352 g/mol. The van der Waals surface area contributed by atoms with Crippen molar-refractivity contribution in [1.29, 1.82) is 0 Å². The average Bonchev–Trinajstić information content (AvgIpc) is 3.32. The first kappa shape index (κ1) is 16.1. The van der Waals surface area contributed by atoms with Crippen LogP contribution in [0, 0.1) is 0 Å². The lowest BCUT2D eigenvalue weighted by Crippen LogP contribution is -2.42. The van der Waals surface area contributed by atoms with E-state index in [1.165, 1.54) is 16.0 Å². The van der Waals surface area contributed by atoms with Crippen LogP contribution in [-0.2, 0) is 17.8 Å². The maximum atomic E-state index is 12.4. The summed E-state index contributed by atoms with van der Waals surface area (Å²) in [5.41, 5.74) is 2.57. The summed E-state index contributed by atoms with van der Waals surface area (Å²) in [6.45, 7) is 1.70. The molecule has 3 aromatic rings. The molecule has 1 aliphatic heterocycles. The second-order valence-electron chi connectivity index (χ2n) is 6.19. The molecule has 0 saturated carbocycles. The van der Waals surface area contributed by atoms with Crippen molar-refractivity contribution in [2.45, 2.75) is 19.0 Å². The number of hydrogen-bond acceptors (Lipinski definition) is 4. The van der Waals surface area contributed by atoms with Crippen LogP contribution in [0.5, 0.6) is 0 Å². The van der Waals surface area contributed by atoms with E-state index in [0.29, 0.717) is 13.1 Å². The van der Waals surface area contributed by atoms with Gasteiger partial charge >= 0.3 is 0 Å². The summed E-state index contributed by atoms with van der Waals surface area (Å²) in [5.74, 6) is 0.794. The Balaban J connectivity index is 1.50. The van der Waals surface area contributed by atoms with Crippen molar-refractivity contribution in [1.82, 2.24) is 10.2 Å². The lowest BCUT2D eigenvalue weighted by atomic mass is 9.93. The molecule has 0 bridgehead atoms. The lowest BCUT2D eigenvalue weighted by Gasteiger charge is -2.35. The summed E-state index contributed by atoms with van der Waals surface area (Å²) in [5, 5.41) is 5.10. The molecule has 0 unspecified atom stereocenters. The SMILES string of the molecule is O=C(CN1CCc2sccc2[C@@H]1c1ccccc1)NCc1ccco1. The fourth-order valence-electron chi connectivity index (χ4n) is 3.40. The normalized spacial score (nSPS) is 17.2. The van der Waals surface area contributed by atoms with Crippen LogP contribution >= 0.6 is 11.3 Å². The molecule has 0 radical (unpaired) electrons. The molecule has 0 fully saturated rings. The predicted octanol–water partition coefficient (Wildman–Crippen LogP) is 3.61. The van der Waals surface area contributed by atoms with Crippen molar-refractivity contribution in [2.75, 3.05) is 13.1 Å². The zero-order chi connectivity index (χ0) is 17.1. The number of rotatable bonds is 5. The van der Waals surface area contributed by atoms with Crippen LogP contribution in [0.3, 0.4) is 0 Å². The van der Waals surface area contributed by atoms with Crippen LogP contribution in [0.1, 0.15) is 27.8 Å². The fourth-order valence-corrected chi connectivity index (χ4v) is 4.31. The first-order chi connectivity index (χ1) is 12.3. The van der Waals surface area contributed by atoms with Crippen molar-refractivity contribution in [3.8, 4) is 0 Å². The molecular weight excluding hydrogens is 332 g/mol. The van der Waals surface area contributed by atoms with Crippen LogP contribution in [0.25, 0.3) is 0 Å². The molecule has 0 spiro atoms. The zero-order valence-corrected chi connectivity index (χ0v) is 14.7. The van der Waals surface area contributed by atoms with E-state index in [2.05, 4.69) is 45.9 Å². The molecule has 1 atom stereocenters. The Bertz CT molecular complexity index is 827. The van der Waals surface area contributed by atoms with Gasteiger partial charge in [0, 0.05) is 11.4 Å². The van der Waals surface area contributed by atoms with E-state index in [4.69, 9.17) is 4.42 Å². The van der Waals surface area contributed by atoms with Gasteiger partial charge in [-0.05, 0) is 41.1 Å². The number of hydrogen-bond donors (Lipinski definition) is 1. The van der Waals surface area contributed by atoms with Gasteiger partial charge in [-0.1, -0.05) is 30.3 Å². The minimum atomic E-state index is 0.0241. The van der Waals surface area contributed by atoms with E-state index in [1.807, 2.05) is 29.5 Å². The maximum absolute atomic E-state index is 12.4. The topological polar surface area (TPSA) is 45.5 Å². The summed E-state index contributed by atoms with van der Waals surface area (Å²) in [6.07, 6.45) is 2.62. The Morgan fingerprint density at radius 1 is 1.20 bits per heavy atom. The van der Waals surface area contributed by atoms with E-state index in [9.17, 15) is 4.79 Å². The number of carbonyl (C=O) groups is 1. The van der Waals surface area contributed by atoms with Gasteiger partial charge in [0.25, 0.3) is 0 Å². The highest BCUT2D eigenvalue weighted by Gasteiger charge is 2.30. The number of benzene rings is 1. The quantitative estimate of drug-likeness (QED) is 0.763. The molecule has 1 aromatic carbocycles. The Kier molecular flexibility index (Phi) is 4.68. The molecule has 25 heavy (non-hydrogen) atoms. The molecule has 5 heteroatoms. The highest BCUT2D eigenvalue weighted by molar-refractivity contribution is 7.10. The molecule has 4 rings (SSSR count). The van der Waals surface area contributed by atoms with Crippen LogP contribution in [0.15, 0.2) is 64.6 Å². The number of fused-ring (bicyclic) bond motifs is 1. The number of carbonyl (C=O) groups excluding carboxylic acids is 1. The zero-order valence-electron chi connectivity index (χ0n) is 13.9. The van der Waals surface area contributed by atoms with Gasteiger partial charge in [0.05, 0.1) is 25.4 Å². The van der Waals surface area contributed by atoms with Gasteiger partial charge in [-0.15, -0.1) is 11.3 Å². The second kappa shape index (κ2) is 7.25. The van der Waals surface area contributed by atoms with Crippen LogP contribution in [0.2, 0.25) is 0 Å². The van der Waals surface area contributed by atoms with Crippen LogP contribution in [0.4, 0.5) is 0 Å². The second-order valence-corrected chi connectivity index (χ2v) is 7.19. The van der Waals surface area contributed by atoms with Gasteiger partial charge in [0.2, 0.25) is 5.91 Å². The first-order valence-corrected chi connectivity index (χ1v) is 9.33. The van der Waals surface area contributed by atoms with Gasteiger partial charge in [-0.25, -0.2) is 0 Å². The molecule has 0 aliphatic carbocycles. The van der Waals surface area contributed by atoms with Crippen molar-refractivity contribution in [2.24, 2.45) is 0 Å². The minimum absolute atomic E-state index is 0.0241. The summed E-state index contributed by atoms with van der Waals surface area (Å²) < 4.78 is 5.27. The largest absolute Gasteiger partial charge is 0.467 e. The fraction of sp³-hybridized carbons (Fsp3) is 0.250. The van der Waals surface area contributed by atoms with Crippen molar-refractivity contribution in [3.05, 3.63) is 81.9 Å². The highest BCUT2D eigenvalue weighted by atomic mass is 32.1. The molecule has 0 saturated heterocycles. The molecule has 1 amide bonds. The third-order valence-corrected chi connectivity index (χ3v) is 5.56. The number of nitrogens with zero attached hydrogens (tertiary/aromatic N) is 1. The molecule has 1 N–H and O–H groups in total. The van der Waals surface area contributed by atoms with E-state index < -0.39 is 0 Å². The first-order valence-electron chi connectivity index (χ1n) is 8.45. The Labute approximate surface area is 151 Å². The number of thiophene rings is 1. The molecule has 2 aromatic heterocycles. The van der Waals surface area contributed by atoms with Crippen LogP contribution in [-0.4, -0.2) is 23.9 Å². The smallest absolute Gasteiger partial charge is 0.234 e. The molecular formula is C20H20N2O2S. The van der Waals surface area contributed by atoms with Crippen LogP contribution < -0.4 is 5.32 Å². The Morgan fingerprint density at radius 3 is 2.88 bits per heavy atom. The number of nitrogens with one attached hydrogen (secondary N) is 1. The number of furan rings is 1. The molecule has 1 aliphatic rings. The van der Waals surface area contributed by atoms with E-state index in [1.54, 1.807) is 6.26 Å². The predicted molar refractivity (Wildman–Crippen MR) is 98.4 cm³/mol. The third-order valence-electron chi connectivity index (χ3n) is 4.57. The van der Waals surface area contributed by atoms with Gasteiger partial charge < -0.3 is 9.73 Å². The minimum Gasteiger partial charge on any atom is -0.467 e. The lowest BCUT2D eigenvalue weighted by molar-refractivity contribution is -0.123. The van der Waals surface area contributed by atoms with Crippen molar-refractivity contribution >= 4 is 17.2 Å². The summed E-state index contributed by atoms with van der Waals surface area (Å²) in [7, 11) is 0. The van der Waals surface area contributed by atoms with E-state index >= 15 is 0 Å². The Morgan fingerprint density at radius 2 is 2.08 bits per heavy atom. The Hall–Kier alpha value is -2.37. The standard InChI is InChI=1S/C20H20N2O2S/c23-19(21-13-16-7-4-11-24-16)14-22-10-8-18-17(9-12-25-18)20(22)15-5-2-1-3-6-15/h1-7,9,11-12,20H,8,10,13-14H2,(H,21,23)/t20-/m0/s1. The summed E-state index contributed by atoms with van der Waals surface area (Å²) in [6, 6.07) is 16.5. The summed E-state index contributed by atoms with van der Waals surface area (Å²) in [4.78, 5) is 16.1. The summed E-state index contributed by atoms with van der Waals surface area (Å²) >= 11 is 1.81. The monoisotopic (exact) mass is 352 g/mol. The van der Waals surface area contributed by atoms with Gasteiger partial charge in [0.1, 0.15) is 5.76 Å². The van der Waals surface area contributed by atoms with E-state index in [0.717, 1.165) is 18.7 Å². The highest BCUT2D eigenvalue weighted by Crippen LogP contribution is 2.37. The van der Waals surface area contributed by atoms with Gasteiger partial charge in [-0.2, -0.15) is 0 Å². The number of amides is 1. The molecule has 3 heterocycles. The molecule has 4 nitrogen and oxygen atoms in total. The van der Waals surface area contributed by atoms with Gasteiger partial charge in [-0.3, -0.25) is 9.69 Å². The van der Waals surface area contributed by atoms with E-state index in [-0.39, 0.29) is 11.9 Å².